The first-order valence-corrected chi connectivity index (χ1v) is 13.0. The van der Waals surface area contributed by atoms with Crippen LogP contribution in [0.25, 0.3) is 54.4 Å². The summed E-state index contributed by atoms with van der Waals surface area (Å²) in [5.41, 5.74) is 3.19. The molecule has 5 heterocycles. The molecule has 0 spiro atoms. The topological polar surface area (TPSA) is 84.7 Å². The molecule has 0 unspecified atom stereocenters. The number of aromatic amines is 1. The van der Waals surface area contributed by atoms with Gasteiger partial charge >= 0.3 is 0 Å². The smallest absolute Gasteiger partial charge is 0.219 e. The molecule has 8 rings (SSSR count). The lowest BCUT2D eigenvalue weighted by Gasteiger charge is -2.50. The molecule has 0 radical (unpaired) electrons. The Labute approximate surface area is 217 Å². The van der Waals surface area contributed by atoms with Gasteiger partial charge in [0.2, 0.25) is 5.91 Å². The second kappa shape index (κ2) is 7.09. The van der Waals surface area contributed by atoms with Crippen molar-refractivity contribution in [3.8, 4) is 5.88 Å². The highest BCUT2D eigenvalue weighted by molar-refractivity contribution is 6.36. The molecule has 1 saturated heterocycles. The predicted octanol–water partition coefficient (Wildman–Crippen LogP) is 5.56. The Morgan fingerprint density at radius 2 is 1.74 bits per heavy atom. The number of para-hydroxylation sites is 2. The molecule has 0 aliphatic carbocycles. The number of likely N-dealkylation sites (N-methyl/N-ethyl adjacent to an activating group) is 1. The molecule has 2 bridgehead atoms. The van der Waals surface area contributed by atoms with E-state index < -0.39 is 11.8 Å². The maximum atomic E-state index is 12.7. The molecule has 3 aromatic carbocycles. The number of benzene rings is 3. The van der Waals surface area contributed by atoms with Gasteiger partial charge in [-0.1, -0.05) is 36.4 Å². The van der Waals surface area contributed by atoms with E-state index in [1.54, 1.807) is 18.9 Å². The molecule has 2 N–H and O–H groups in total. The van der Waals surface area contributed by atoms with Crippen molar-refractivity contribution in [1.82, 2.24) is 19.0 Å². The summed E-state index contributed by atoms with van der Waals surface area (Å²) in [5.74, 6) is 0.144. The first-order chi connectivity index (χ1) is 18.4. The minimum atomic E-state index is -0.924. The molecule has 1 fully saturated rings. The summed E-state index contributed by atoms with van der Waals surface area (Å²) < 4.78 is 17.9. The van der Waals surface area contributed by atoms with E-state index in [0.29, 0.717) is 6.42 Å². The molecule has 1 amide bonds. The third kappa shape index (κ3) is 2.36. The van der Waals surface area contributed by atoms with Crippen LogP contribution in [0.3, 0.4) is 0 Å². The third-order valence-corrected chi connectivity index (χ3v) is 9.06. The second-order valence-electron chi connectivity index (χ2n) is 10.8. The average molecular weight is 509 g/mol. The SMILES string of the molecule is CO[C@H]1[C@@H](N(C)C(C)=O)C[C@@H]2O[C@@]1(C)n1c3ccccc3c3c4c[nH]c(O)c4c4c5ccccc5n2c4c31. The quantitative estimate of drug-likeness (QED) is 0.321. The minimum Gasteiger partial charge on any atom is -0.494 e. The van der Waals surface area contributed by atoms with E-state index >= 15 is 0 Å². The van der Waals surface area contributed by atoms with Crippen LogP contribution in [0.4, 0.5) is 0 Å². The zero-order chi connectivity index (χ0) is 26.1. The van der Waals surface area contributed by atoms with Crippen molar-refractivity contribution in [3.63, 3.8) is 0 Å². The van der Waals surface area contributed by atoms with E-state index in [2.05, 4.69) is 45.3 Å². The van der Waals surface area contributed by atoms with E-state index in [1.165, 1.54) is 0 Å². The molecule has 8 heteroatoms. The highest BCUT2D eigenvalue weighted by Crippen LogP contribution is 2.55. The Morgan fingerprint density at radius 1 is 1.05 bits per heavy atom. The van der Waals surface area contributed by atoms with Crippen LogP contribution in [-0.4, -0.2) is 56.3 Å². The lowest BCUT2D eigenvalue weighted by molar-refractivity contribution is -0.266. The van der Waals surface area contributed by atoms with Crippen molar-refractivity contribution >= 4 is 60.3 Å². The van der Waals surface area contributed by atoms with Crippen LogP contribution in [0.2, 0.25) is 0 Å². The molecular weight excluding hydrogens is 480 g/mol. The maximum Gasteiger partial charge on any atom is 0.219 e. The minimum absolute atomic E-state index is 0.0130. The zero-order valence-electron chi connectivity index (χ0n) is 21.6. The van der Waals surface area contributed by atoms with Gasteiger partial charge in [-0.05, 0) is 19.1 Å². The molecule has 192 valence electrons. The fourth-order valence-corrected chi connectivity index (χ4v) is 7.50. The molecule has 2 aliphatic rings. The van der Waals surface area contributed by atoms with Crippen molar-refractivity contribution in [2.45, 2.75) is 44.4 Å². The Hall–Kier alpha value is -4.01. The van der Waals surface area contributed by atoms with Crippen LogP contribution in [0.15, 0.2) is 54.7 Å². The summed E-state index contributed by atoms with van der Waals surface area (Å²) in [5, 5.41) is 17.1. The molecule has 2 aliphatic heterocycles. The van der Waals surface area contributed by atoms with Crippen molar-refractivity contribution in [1.29, 1.82) is 0 Å². The third-order valence-electron chi connectivity index (χ3n) is 9.06. The summed E-state index contributed by atoms with van der Waals surface area (Å²) >= 11 is 0. The fraction of sp³-hybridized carbons (Fsp3) is 0.300. The summed E-state index contributed by atoms with van der Waals surface area (Å²) in [6.07, 6.45) is 1.69. The summed E-state index contributed by atoms with van der Waals surface area (Å²) in [4.78, 5) is 17.6. The molecule has 3 aromatic heterocycles. The van der Waals surface area contributed by atoms with Gasteiger partial charge in [-0.3, -0.25) is 4.79 Å². The first kappa shape index (κ1) is 22.0. The highest BCUT2D eigenvalue weighted by Gasteiger charge is 2.54. The number of methoxy groups -OCH3 is 1. The molecule has 38 heavy (non-hydrogen) atoms. The molecule has 0 saturated carbocycles. The number of carbonyl (C=O) groups excluding carboxylic acids is 1. The lowest BCUT2D eigenvalue weighted by atomic mass is 9.91. The van der Waals surface area contributed by atoms with Gasteiger partial charge < -0.3 is 33.6 Å². The Balaban J connectivity index is 1.68. The normalized spacial score (nSPS) is 24.8. The number of amides is 1. The molecular formula is C30H28N4O4. The number of H-pyrrole nitrogens is 1. The van der Waals surface area contributed by atoms with Crippen molar-refractivity contribution < 1.29 is 19.4 Å². The van der Waals surface area contributed by atoms with Crippen molar-refractivity contribution in [2.24, 2.45) is 0 Å². The second-order valence-corrected chi connectivity index (χ2v) is 10.8. The number of nitrogens with zero attached hydrogens (tertiary/aromatic N) is 3. The van der Waals surface area contributed by atoms with E-state index in [0.717, 1.165) is 54.4 Å². The van der Waals surface area contributed by atoms with E-state index in [1.807, 2.05) is 37.5 Å². The number of rotatable bonds is 2. The van der Waals surface area contributed by atoms with Gasteiger partial charge in [-0.25, -0.2) is 0 Å². The summed E-state index contributed by atoms with van der Waals surface area (Å²) in [6, 6.07) is 16.4. The number of hydrogen-bond donors (Lipinski definition) is 2. The Morgan fingerprint density at radius 3 is 2.45 bits per heavy atom. The van der Waals surface area contributed by atoms with Crippen LogP contribution in [-0.2, 0) is 20.0 Å². The number of fused-ring (bicyclic) bond motifs is 13. The van der Waals surface area contributed by atoms with Gasteiger partial charge in [0.15, 0.2) is 11.6 Å². The van der Waals surface area contributed by atoms with E-state index in [9.17, 15) is 9.90 Å². The average Bonchev–Trinajstić information content (AvgIpc) is 3.55. The number of aromatic nitrogens is 3. The summed E-state index contributed by atoms with van der Waals surface area (Å²) in [6.45, 7) is 3.68. The maximum absolute atomic E-state index is 12.7. The van der Waals surface area contributed by atoms with Crippen molar-refractivity contribution in [3.05, 3.63) is 54.7 Å². The van der Waals surface area contributed by atoms with Gasteiger partial charge in [0.1, 0.15) is 12.3 Å². The van der Waals surface area contributed by atoms with Gasteiger partial charge in [-0.15, -0.1) is 0 Å². The van der Waals surface area contributed by atoms with E-state index in [-0.39, 0.29) is 24.1 Å². The molecule has 6 aromatic rings. The fourth-order valence-electron chi connectivity index (χ4n) is 7.50. The van der Waals surface area contributed by atoms with Gasteiger partial charge in [0, 0.05) is 60.6 Å². The van der Waals surface area contributed by atoms with Gasteiger partial charge in [0.05, 0.1) is 33.5 Å². The van der Waals surface area contributed by atoms with Crippen LogP contribution in [0, 0.1) is 0 Å². The Kier molecular flexibility index (Phi) is 4.11. The zero-order valence-corrected chi connectivity index (χ0v) is 21.6. The Bertz CT molecular complexity index is 1980. The molecule has 8 nitrogen and oxygen atoms in total. The number of hydrogen-bond acceptors (Lipinski definition) is 4. The number of ether oxygens (including phenoxy) is 2. The first-order valence-electron chi connectivity index (χ1n) is 13.0. The standard InChI is InChI=1S/C30H28N4O4/c1-15(35)32(3)21-13-22-33-19-11-7-5-9-16(19)24-25-18(14-31-29(25)36)23-17-10-6-8-12-20(17)34(27(23)26(24)33)30(2,38-22)28(21)37-4/h5-12,14,21-22,28,31,36H,13H2,1-4H3/t21-,22-,28-,30+/m0/s1. The van der Waals surface area contributed by atoms with Crippen molar-refractivity contribution in [2.75, 3.05) is 14.2 Å². The summed E-state index contributed by atoms with van der Waals surface area (Å²) in [7, 11) is 3.55. The predicted molar refractivity (Wildman–Crippen MR) is 147 cm³/mol. The van der Waals surface area contributed by atoms with Gasteiger partial charge in [0.25, 0.3) is 0 Å². The van der Waals surface area contributed by atoms with Crippen LogP contribution in [0.5, 0.6) is 5.88 Å². The van der Waals surface area contributed by atoms with Crippen LogP contribution >= 0.6 is 0 Å². The van der Waals surface area contributed by atoms with E-state index in [4.69, 9.17) is 9.47 Å². The lowest BCUT2D eigenvalue weighted by Crippen LogP contribution is -2.61. The van der Waals surface area contributed by atoms with Gasteiger partial charge in [-0.2, -0.15) is 0 Å². The highest BCUT2D eigenvalue weighted by atomic mass is 16.6. The molecule has 4 atom stereocenters. The monoisotopic (exact) mass is 508 g/mol. The van der Waals surface area contributed by atoms with Crippen LogP contribution < -0.4 is 0 Å². The largest absolute Gasteiger partial charge is 0.494 e. The number of nitrogens with one attached hydrogen (secondary N) is 1. The van der Waals surface area contributed by atoms with Crippen LogP contribution in [0.1, 0.15) is 26.5 Å². The number of carbonyl (C=O) groups is 1. The number of aromatic hydroxyl groups is 1.